The van der Waals surface area contributed by atoms with Crippen LogP contribution in [0.2, 0.25) is 0 Å². The highest BCUT2D eigenvalue weighted by atomic mass is 19.1. The van der Waals surface area contributed by atoms with E-state index in [9.17, 15) is 18.3 Å². The number of hydrogen-bond donors (Lipinski definition) is 3. The molecule has 4 rings (SSSR count). The van der Waals surface area contributed by atoms with Crippen LogP contribution in [0.4, 0.5) is 30.8 Å². The van der Waals surface area contributed by atoms with Crippen molar-refractivity contribution in [3.8, 4) is 0 Å². The first kappa shape index (κ1) is 20.8. The lowest BCUT2D eigenvalue weighted by molar-refractivity contribution is 0.112. The van der Waals surface area contributed by atoms with Gasteiger partial charge in [-0.15, -0.1) is 0 Å². The normalized spacial score (nSPS) is 19.1. The van der Waals surface area contributed by atoms with Gasteiger partial charge in [0.2, 0.25) is 11.9 Å². The van der Waals surface area contributed by atoms with E-state index in [2.05, 4.69) is 25.6 Å². The first-order chi connectivity index (χ1) is 13.5. The van der Waals surface area contributed by atoms with Gasteiger partial charge in [-0.1, -0.05) is 7.43 Å². The number of rotatable bonds is 4. The molecule has 0 radical (unpaired) electrons. The second-order valence-electron chi connectivity index (χ2n) is 6.79. The Hall–Kier alpha value is -2.88. The van der Waals surface area contributed by atoms with Crippen molar-refractivity contribution >= 4 is 28.7 Å². The monoisotopic (exact) mass is 408 g/mol. The number of fused-ring (bicyclic) bond motifs is 1. The molecular weight excluding hydrogens is 385 g/mol. The average Bonchev–Trinajstić information content (AvgIpc) is 3.02. The van der Waals surface area contributed by atoms with E-state index in [4.69, 9.17) is 0 Å². The minimum Gasteiger partial charge on any atom is -0.393 e. The molecule has 0 unspecified atom stereocenters. The second kappa shape index (κ2) is 8.24. The molecule has 156 valence electrons. The molecule has 0 saturated heterocycles. The van der Waals surface area contributed by atoms with E-state index in [0.717, 1.165) is 0 Å². The number of aromatic nitrogens is 4. The minimum atomic E-state index is -1.06. The molecule has 0 spiro atoms. The van der Waals surface area contributed by atoms with Gasteiger partial charge in [-0.2, -0.15) is 4.98 Å². The molecule has 1 aromatic carbocycles. The van der Waals surface area contributed by atoms with Crippen LogP contribution in [-0.2, 0) is 0 Å². The number of benzene rings is 1. The highest BCUT2D eigenvalue weighted by Crippen LogP contribution is 2.35. The van der Waals surface area contributed by atoms with Gasteiger partial charge in [-0.05, 0) is 25.7 Å². The maximum atomic E-state index is 14.1. The third kappa shape index (κ3) is 3.98. The topological polar surface area (TPSA) is 87.9 Å². The van der Waals surface area contributed by atoms with E-state index in [-0.39, 0.29) is 25.5 Å². The quantitative estimate of drug-likeness (QED) is 0.601. The van der Waals surface area contributed by atoms with Gasteiger partial charge in [0.05, 0.1) is 12.3 Å². The van der Waals surface area contributed by atoms with Crippen molar-refractivity contribution in [1.29, 1.82) is 0 Å². The zero-order valence-corrected chi connectivity index (χ0v) is 15.1. The lowest BCUT2D eigenvalue weighted by Gasteiger charge is -2.28. The van der Waals surface area contributed by atoms with Crippen molar-refractivity contribution in [2.75, 3.05) is 17.7 Å². The molecule has 1 fully saturated rings. The van der Waals surface area contributed by atoms with E-state index >= 15 is 0 Å². The maximum Gasteiger partial charge on any atom is 0.224 e. The first-order valence-corrected chi connectivity index (χ1v) is 8.98. The maximum absolute atomic E-state index is 14.1. The van der Waals surface area contributed by atoms with Crippen LogP contribution in [0.5, 0.6) is 0 Å². The van der Waals surface area contributed by atoms with Gasteiger partial charge in [0.25, 0.3) is 0 Å². The number of imidazole rings is 1. The summed E-state index contributed by atoms with van der Waals surface area (Å²) < 4.78 is 43.3. The van der Waals surface area contributed by atoms with Crippen LogP contribution in [0.25, 0.3) is 11.2 Å². The Morgan fingerprint density at radius 2 is 1.72 bits per heavy atom. The van der Waals surface area contributed by atoms with Gasteiger partial charge in [0.15, 0.2) is 17.3 Å². The fraction of sp³-hybridized carbons (Fsp3) is 0.421. The van der Waals surface area contributed by atoms with Gasteiger partial charge in [-0.25, -0.2) is 23.1 Å². The van der Waals surface area contributed by atoms with E-state index < -0.39 is 23.1 Å². The number of anilines is 3. The molecule has 2 aromatic heterocycles. The van der Waals surface area contributed by atoms with Crippen LogP contribution in [-0.4, -0.2) is 37.8 Å². The molecule has 0 bridgehead atoms. The van der Waals surface area contributed by atoms with Crippen LogP contribution in [0, 0.1) is 17.5 Å². The summed E-state index contributed by atoms with van der Waals surface area (Å²) >= 11 is 0. The number of aliphatic hydroxyl groups excluding tert-OH is 1. The molecule has 3 N–H and O–H groups in total. The Morgan fingerprint density at radius 3 is 2.34 bits per heavy atom. The predicted molar refractivity (Wildman–Crippen MR) is 105 cm³/mol. The van der Waals surface area contributed by atoms with Gasteiger partial charge in [0.1, 0.15) is 17.0 Å². The summed E-state index contributed by atoms with van der Waals surface area (Å²) in [6.45, 7) is 0. The lowest BCUT2D eigenvalue weighted by Crippen LogP contribution is -2.22. The molecular formula is C19H23F3N6O. The van der Waals surface area contributed by atoms with Gasteiger partial charge >= 0.3 is 0 Å². The summed E-state index contributed by atoms with van der Waals surface area (Å²) in [6, 6.07) is 1.14. The summed E-state index contributed by atoms with van der Waals surface area (Å²) in [5.74, 6) is -2.55. The number of hydrogen-bond acceptors (Lipinski definition) is 6. The van der Waals surface area contributed by atoms with Crippen molar-refractivity contribution in [3.05, 3.63) is 35.8 Å². The van der Waals surface area contributed by atoms with Crippen molar-refractivity contribution in [2.24, 2.45) is 0 Å². The predicted octanol–water partition coefficient (Wildman–Crippen LogP) is 4.14. The molecule has 1 aliphatic rings. The molecule has 1 aliphatic carbocycles. The number of aliphatic hydroxyl groups is 1. The smallest absolute Gasteiger partial charge is 0.224 e. The van der Waals surface area contributed by atoms with Crippen LogP contribution in [0.1, 0.15) is 39.2 Å². The molecule has 2 heterocycles. The Morgan fingerprint density at radius 1 is 1.07 bits per heavy atom. The van der Waals surface area contributed by atoms with Crippen LogP contribution in [0.3, 0.4) is 0 Å². The van der Waals surface area contributed by atoms with Crippen molar-refractivity contribution in [3.63, 3.8) is 0 Å². The summed E-state index contributed by atoms with van der Waals surface area (Å²) in [6.07, 6.45) is 3.69. The van der Waals surface area contributed by atoms with E-state index in [1.54, 1.807) is 11.6 Å². The summed E-state index contributed by atoms with van der Waals surface area (Å²) in [5.41, 5.74) is 0.470. The van der Waals surface area contributed by atoms with Crippen LogP contribution < -0.4 is 10.6 Å². The minimum absolute atomic E-state index is 0. The second-order valence-corrected chi connectivity index (χ2v) is 6.79. The third-order valence-corrected chi connectivity index (χ3v) is 4.93. The largest absolute Gasteiger partial charge is 0.393 e. The number of nitrogens with one attached hydrogen (secondary N) is 2. The molecule has 0 aliphatic heterocycles. The van der Waals surface area contributed by atoms with Crippen LogP contribution >= 0.6 is 0 Å². The van der Waals surface area contributed by atoms with Gasteiger partial charge in [0, 0.05) is 25.2 Å². The molecule has 0 amide bonds. The molecule has 3 aromatic rings. The highest BCUT2D eigenvalue weighted by Gasteiger charge is 2.27. The zero-order chi connectivity index (χ0) is 19.8. The standard InChI is InChI=1S/C18H19F3N6O.CH4/c1-22-17-23-8-14-16(26-17)27(10-2-4-11(28)5-3-10)18(24-14)25-15-12(20)6-9(19)7-13(15)21;/h6-8,10-11,28H,2-5H2,1H3,(H,24,25)(H,22,23,26);1H4. The summed E-state index contributed by atoms with van der Waals surface area (Å²) in [7, 11) is 1.68. The number of halogens is 3. The third-order valence-electron chi connectivity index (χ3n) is 4.93. The lowest BCUT2D eigenvalue weighted by atomic mass is 9.93. The van der Waals surface area contributed by atoms with Crippen molar-refractivity contribution in [2.45, 2.75) is 45.3 Å². The summed E-state index contributed by atoms with van der Waals surface area (Å²) in [4.78, 5) is 13.0. The Balaban J connectivity index is 0.00000240. The Labute approximate surface area is 166 Å². The first-order valence-electron chi connectivity index (χ1n) is 8.98. The van der Waals surface area contributed by atoms with Gasteiger partial charge in [-0.3, -0.25) is 4.57 Å². The molecule has 29 heavy (non-hydrogen) atoms. The summed E-state index contributed by atoms with van der Waals surface area (Å²) in [5, 5.41) is 15.3. The van der Waals surface area contributed by atoms with E-state index in [1.165, 1.54) is 6.20 Å². The Kier molecular flexibility index (Phi) is 5.92. The molecule has 0 atom stereocenters. The fourth-order valence-corrected chi connectivity index (χ4v) is 3.54. The molecule has 7 nitrogen and oxygen atoms in total. The van der Waals surface area contributed by atoms with Crippen molar-refractivity contribution < 1.29 is 18.3 Å². The van der Waals surface area contributed by atoms with Gasteiger partial charge < -0.3 is 15.7 Å². The van der Waals surface area contributed by atoms with E-state index in [1.807, 2.05) is 0 Å². The molecule has 1 saturated carbocycles. The van der Waals surface area contributed by atoms with E-state index in [0.29, 0.717) is 54.9 Å². The zero-order valence-electron chi connectivity index (χ0n) is 15.1. The number of nitrogens with zero attached hydrogens (tertiary/aromatic N) is 4. The SMILES string of the molecule is C.CNc1ncc2nc(Nc3c(F)cc(F)cc3F)n(C3CCC(O)CC3)c2n1. The van der Waals surface area contributed by atoms with Crippen LogP contribution in [0.15, 0.2) is 18.3 Å². The van der Waals surface area contributed by atoms with Crippen molar-refractivity contribution in [1.82, 2.24) is 19.5 Å². The molecule has 10 heteroatoms. The fourth-order valence-electron chi connectivity index (χ4n) is 3.54. The average molecular weight is 408 g/mol. The Bertz CT molecular complexity index is 994. The highest BCUT2D eigenvalue weighted by molar-refractivity contribution is 5.76.